The fourth-order valence-corrected chi connectivity index (χ4v) is 3.81. The van der Waals surface area contributed by atoms with E-state index in [1.807, 2.05) is 12.3 Å². The lowest BCUT2D eigenvalue weighted by atomic mass is 10.1. The second kappa shape index (κ2) is 6.01. The molecule has 2 aromatic rings. The molecule has 1 unspecified atom stereocenters. The summed E-state index contributed by atoms with van der Waals surface area (Å²) in [5.41, 5.74) is 7.43. The number of nitrogens with zero attached hydrogens (tertiary/aromatic N) is 1. The van der Waals surface area contributed by atoms with Gasteiger partial charge in [-0.25, -0.2) is 18.1 Å². The van der Waals surface area contributed by atoms with Crippen molar-refractivity contribution in [3.8, 4) is 0 Å². The lowest BCUT2D eigenvalue weighted by molar-refractivity contribution is 0.566. The number of thiazole rings is 1. The molecule has 0 radical (unpaired) electrons. The predicted molar refractivity (Wildman–Crippen MR) is 79.9 cm³/mol. The Morgan fingerprint density at radius 2 is 2.20 bits per heavy atom. The van der Waals surface area contributed by atoms with Crippen molar-refractivity contribution in [2.75, 3.05) is 0 Å². The standard InChI is InChI=1S/C13H17N3O2S2/c1-9-3-4-12(7-11(9)8-14)20(17,18)16-10(2)13-15-5-6-19-13/h3-7,10,16H,8,14H2,1-2H3. The van der Waals surface area contributed by atoms with E-state index in [9.17, 15) is 8.42 Å². The molecular weight excluding hydrogens is 294 g/mol. The molecule has 108 valence electrons. The van der Waals surface area contributed by atoms with Crippen LogP contribution in [0.1, 0.15) is 29.1 Å². The highest BCUT2D eigenvalue weighted by Gasteiger charge is 2.20. The molecule has 5 nitrogen and oxygen atoms in total. The zero-order valence-corrected chi connectivity index (χ0v) is 13.0. The highest BCUT2D eigenvalue weighted by atomic mass is 32.2. The molecule has 0 aliphatic carbocycles. The number of sulfonamides is 1. The molecule has 1 aromatic heterocycles. The highest BCUT2D eigenvalue weighted by molar-refractivity contribution is 7.89. The molecule has 0 aliphatic heterocycles. The Labute approximate surface area is 122 Å². The van der Waals surface area contributed by atoms with Gasteiger partial charge in [-0.1, -0.05) is 6.07 Å². The first-order chi connectivity index (χ1) is 9.44. The molecule has 0 saturated carbocycles. The third kappa shape index (κ3) is 3.24. The number of benzene rings is 1. The molecule has 2 rings (SSSR count). The molecule has 7 heteroatoms. The van der Waals surface area contributed by atoms with E-state index in [0.29, 0.717) is 6.54 Å². The summed E-state index contributed by atoms with van der Waals surface area (Å²) in [6.45, 7) is 4.00. The average molecular weight is 311 g/mol. The van der Waals surface area contributed by atoms with Gasteiger partial charge in [0.2, 0.25) is 10.0 Å². The normalized spacial score (nSPS) is 13.3. The fourth-order valence-electron chi connectivity index (χ4n) is 1.83. The third-order valence-electron chi connectivity index (χ3n) is 3.00. The minimum atomic E-state index is -3.57. The first-order valence-electron chi connectivity index (χ1n) is 6.15. The molecule has 0 aliphatic rings. The summed E-state index contributed by atoms with van der Waals surface area (Å²) >= 11 is 1.42. The van der Waals surface area contributed by atoms with Gasteiger partial charge in [-0.15, -0.1) is 11.3 Å². The van der Waals surface area contributed by atoms with Crippen molar-refractivity contribution in [3.63, 3.8) is 0 Å². The van der Waals surface area contributed by atoms with E-state index in [1.54, 1.807) is 31.3 Å². The van der Waals surface area contributed by atoms with Crippen molar-refractivity contribution in [2.45, 2.75) is 31.3 Å². The van der Waals surface area contributed by atoms with Crippen LogP contribution < -0.4 is 10.5 Å². The molecule has 20 heavy (non-hydrogen) atoms. The largest absolute Gasteiger partial charge is 0.326 e. The molecule has 1 atom stereocenters. The van der Waals surface area contributed by atoms with Gasteiger partial charge >= 0.3 is 0 Å². The minimum Gasteiger partial charge on any atom is -0.326 e. The fraction of sp³-hybridized carbons (Fsp3) is 0.308. The van der Waals surface area contributed by atoms with Crippen LogP contribution in [0.3, 0.4) is 0 Å². The van der Waals surface area contributed by atoms with Gasteiger partial charge in [0.05, 0.1) is 10.9 Å². The summed E-state index contributed by atoms with van der Waals surface area (Å²) in [4.78, 5) is 4.34. The van der Waals surface area contributed by atoms with E-state index < -0.39 is 10.0 Å². The van der Waals surface area contributed by atoms with Gasteiger partial charge in [-0.05, 0) is 37.1 Å². The molecule has 0 saturated heterocycles. The Morgan fingerprint density at radius 3 is 2.80 bits per heavy atom. The van der Waals surface area contributed by atoms with Gasteiger partial charge in [0.1, 0.15) is 5.01 Å². The first-order valence-corrected chi connectivity index (χ1v) is 8.51. The average Bonchev–Trinajstić information content (AvgIpc) is 2.92. The Bertz CT molecular complexity index is 682. The van der Waals surface area contributed by atoms with Crippen LogP contribution >= 0.6 is 11.3 Å². The summed E-state index contributed by atoms with van der Waals surface area (Å²) in [5.74, 6) is 0. The van der Waals surface area contributed by atoms with Crippen LogP contribution in [0.25, 0.3) is 0 Å². The third-order valence-corrected chi connectivity index (χ3v) is 5.50. The van der Waals surface area contributed by atoms with Gasteiger partial charge in [0, 0.05) is 18.1 Å². The van der Waals surface area contributed by atoms with Crippen LogP contribution in [-0.2, 0) is 16.6 Å². The lowest BCUT2D eigenvalue weighted by Gasteiger charge is -2.13. The van der Waals surface area contributed by atoms with Crippen molar-refractivity contribution >= 4 is 21.4 Å². The summed E-state index contributed by atoms with van der Waals surface area (Å²) in [6, 6.07) is 4.62. The number of hydrogen-bond acceptors (Lipinski definition) is 5. The van der Waals surface area contributed by atoms with Gasteiger partial charge < -0.3 is 5.73 Å². The Kier molecular flexibility index (Phi) is 4.54. The maximum atomic E-state index is 12.3. The quantitative estimate of drug-likeness (QED) is 0.884. The number of rotatable bonds is 5. The summed E-state index contributed by atoms with van der Waals surface area (Å²) in [7, 11) is -3.57. The summed E-state index contributed by atoms with van der Waals surface area (Å²) in [5, 5.41) is 2.55. The van der Waals surface area contributed by atoms with Crippen LogP contribution in [-0.4, -0.2) is 13.4 Å². The van der Waals surface area contributed by atoms with Crippen molar-refractivity contribution in [1.29, 1.82) is 0 Å². The van der Waals surface area contributed by atoms with E-state index in [0.717, 1.165) is 16.1 Å². The molecule has 0 amide bonds. The zero-order chi connectivity index (χ0) is 14.8. The zero-order valence-electron chi connectivity index (χ0n) is 11.3. The van der Waals surface area contributed by atoms with E-state index in [-0.39, 0.29) is 10.9 Å². The highest BCUT2D eigenvalue weighted by Crippen LogP contribution is 2.20. The van der Waals surface area contributed by atoms with Gasteiger partial charge in [0.15, 0.2) is 0 Å². The van der Waals surface area contributed by atoms with Crippen molar-refractivity contribution in [1.82, 2.24) is 9.71 Å². The number of hydrogen-bond donors (Lipinski definition) is 2. The number of aryl methyl sites for hydroxylation is 1. The summed E-state index contributed by atoms with van der Waals surface area (Å²) < 4.78 is 27.3. The maximum Gasteiger partial charge on any atom is 0.241 e. The Hall–Kier alpha value is -1.28. The van der Waals surface area contributed by atoms with Crippen molar-refractivity contribution < 1.29 is 8.42 Å². The molecular formula is C13H17N3O2S2. The van der Waals surface area contributed by atoms with Crippen LogP contribution in [0.2, 0.25) is 0 Å². The van der Waals surface area contributed by atoms with Crippen LogP contribution in [0, 0.1) is 6.92 Å². The van der Waals surface area contributed by atoms with Crippen molar-refractivity contribution in [2.24, 2.45) is 5.73 Å². The minimum absolute atomic E-state index is 0.229. The monoisotopic (exact) mass is 311 g/mol. The van der Waals surface area contributed by atoms with Crippen LogP contribution in [0.5, 0.6) is 0 Å². The molecule has 0 spiro atoms. The van der Waals surface area contributed by atoms with Gasteiger partial charge in [0.25, 0.3) is 0 Å². The van der Waals surface area contributed by atoms with Crippen LogP contribution in [0.15, 0.2) is 34.7 Å². The second-order valence-corrected chi connectivity index (χ2v) is 7.15. The first kappa shape index (κ1) is 15.1. The van der Waals surface area contributed by atoms with Crippen molar-refractivity contribution in [3.05, 3.63) is 45.9 Å². The van der Waals surface area contributed by atoms with E-state index in [1.165, 1.54) is 11.3 Å². The molecule has 1 heterocycles. The Morgan fingerprint density at radius 1 is 1.45 bits per heavy atom. The predicted octanol–water partition coefficient (Wildman–Crippen LogP) is 1.95. The van der Waals surface area contributed by atoms with E-state index >= 15 is 0 Å². The van der Waals surface area contributed by atoms with Crippen LogP contribution in [0.4, 0.5) is 0 Å². The molecule has 1 aromatic carbocycles. The smallest absolute Gasteiger partial charge is 0.241 e. The molecule has 0 bridgehead atoms. The lowest BCUT2D eigenvalue weighted by Crippen LogP contribution is -2.27. The van der Waals surface area contributed by atoms with Gasteiger partial charge in [-0.3, -0.25) is 0 Å². The Balaban J connectivity index is 2.26. The molecule has 3 N–H and O–H groups in total. The van der Waals surface area contributed by atoms with E-state index in [4.69, 9.17) is 5.73 Å². The maximum absolute atomic E-state index is 12.3. The van der Waals surface area contributed by atoms with Gasteiger partial charge in [-0.2, -0.15) is 0 Å². The molecule has 0 fully saturated rings. The number of nitrogens with one attached hydrogen (secondary N) is 1. The SMILES string of the molecule is Cc1ccc(S(=O)(=O)NC(C)c2nccs2)cc1CN. The number of nitrogens with two attached hydrogens (primary N) is 1. The topological polar surface area (TPSA) is 85.1 Å². The number of aromatic nitrogens is 1. The summed E-state index contributed by atoms with van der Waals surface area (Å²) in [6.07, 6.45) is 1.66. The second-order valence-electron chi connectivity index (χ2n) is 4.51. The van der Waals surface area contributed by atoms with E-state index in [2.05, 4.69) is 9.71 Å².